The van der Waals surface area contributed by atoms with E-state index in [4.69, 9.17) is 17.0 Å². The van der Waals surface area contributed by atoms with Gasteiger partial charge < -0.3 is 20.3 Å². The number of rotatable bonds is 7. The molecule has 30 heavy (non-hydrogen) atoms. The second-order valence-corrected chi connectivity index (χ2v) is 8.93. The fourth-order valence-electron chi connectivity index (χ4n) is 4.52. The van der Waals surface area contributed by atoms with Crippen LogP contribution in [0.25, 0.3) is 0 Å². The van der Waals surface area contributed by atoms with Crippen molar-refractivity contribution in [3.8, 4) is 0 Å². The molecule has 2 N–H and O–H groups in total. The minimum Gasteiger partial charge on any atom is -0.466 e. The lowest BCUT2D eigenvalue weighted by molar-refractivity contribution is -0.161. The van der Waals surface area contributed by atoms with E-state index in [1.54, 1.807) is 0 Å². The van der Waals surface area contributed by atoms with Crippen molar-refractivity contribution < 1.29 is 14.3 Å². The fourth-order valence-corrected chi connectivity index (χ4v) is 4.89. The first-order valence-electron chi connectivity index (χ1n) is 11.0. The van der Waals surface area contributed by atoms with E-state index in [1.165, 1.54) is 5.56 Å². The number of amides is 1. The zero-order valence-electron chi connectivity index (χ0n) is 18.0. The van der Waals surface area contributed by atoms with Crippen LogP contribution in [0.4, 0.5) is 0 Å². The molecule has 0 radical (unpaired) electrons. The van der Waals surface area contributed by atoms with Gasteiger partial charge in [-0.25, -0.2) is 0 Å². The Balaban J connectivity index is 1.58. The fraction of sp³-hybridized carbons (Fsp3) is 0.609. The molecule has 1 amide bonds. The van der Waals surface area contributed by atoms with Gasteiger partial charge in [0.2, 0.25) is 5.91 Å². The number of carbonyl (C=O) groups is 2. The Hall–Kier alpha value is -2.15. The van der Waals surface area contributed by atoms with Crippen LogP contribution in [0.2, 0.25) is 0 Å². The summed E-state index contributed by atoms with van der Waals surface area (Å²) in [5.74, 6) is 0.0112. The molecule has 1 aromatic carbocycles. The molecule has 6 nitrogen and oxygen atoms in total. The van der Waals surface area contributed by atoms with Crippen molar-refractivity contribution in [3.05, 3.63) is 35.9 Å². The number of nitrogens with one attached hydrogen (secondary N) is 2. The van der Waals surface area contributed by atoms with Crippen molar-refractivity contribution in [2.24, 2.45) is 5.41 Å². The summed E-state index contributed by atoms with van der Waals surface area (Å²) in [5, 5.41) is 6.99. The molecule has 0 spiro atoms. The van der Waals surface area contributed by atoms with Crippen molar-refractivity contribution in [3.63, 3.8) is 0 Å². The van der Waals surface area contributed by atoms with Gasteiger partial charge >= 0.3 is 5.97 Å². The van der Waals surface area contributed by atoms with E-state index in [1.807, 2.05) is 30.0 Å². The molecule has 2 heterocycles. The minimum absolute atomic E-state index is 0.0658. The van der Waals surface area contributed by atoms with Gasteiger partial charge in [-0.15, -0.1) is 0 Å². The lowest BCUT2D eigenvalue weighted by atomic mass is 9.74. The van der Waals surface area contributed by atoms with Gasteiger partial charge in [0, 0.05) is 31.6 Å². The number of hydrogen-bond donors (Lipinski definition) is 2. The van der Waals surface area contributed by atoms with E-state index < -0.39 is 5.41 Å². The van der Waals surface area contributed by atoms with Crippen molar-refractivity contribution >= 4 is 29.2 Å². The molecule has 3 rings (SSSR count). The van der Waals surface area contributed by atoms with Crippen LogP contribution in [0.15, 0.2) is 30.3 Å². The average Bonchev–Trinajstić information content (AvgIpc) is 2.73. The molecule has 164 valence electrons. The van der Waals surface area contributed by atoms with Crippen molar-refractivity contribution in [2.45, 2.75) is 64.5 Å². The Morgan fingerprint density at radius 2 is 1.90 bits per heavy atom. The molecule has 0 aliphatic carbocycles. The quantitative estimate of drug-likeness (QED) is 0.511. The molecular weight excluding hydrogens is 398 g/mol. The first-order valence-corrected chi connectivity index (χ1v) is 11.4. The summed E-state index contributed by atoms with van der Waals surface area (Å²) in [4.78, 5) is 27.6. The maximum absolute atomic E-state index is 12.9. The Labute approximate surface area is 184 Å². The molecule has 2 fully saturated rings. The number of likely N-dealkylation sites (tertiary alicyclic amines) is 1. The molecule has 2 aliphatic heterocycles. The van der Waals surface area contributed by atoms with Gasteiger partial charge in [0.1, 0.15) is 0 Å². The maximum atomic E-state index is 12.9. The summed E-state index contributed by atoms with van der Waals surface area (Å²) < 4.78 is 5.44. The number of hydrogen-bond acceptors (Lipinski definition) is 4. The van der Waals surface area contributed by atoms with Crippen molar-refractivity contribution in [2.75, 3.05) is 19.7 Å². The molecule has 0 unspecified atom stereocenters. The highest BCUT2D eigenvalue weighted by atomic mass is 32.1. The van der Waals surface area contributed by atoms with Crippen LogP contribution < -0.4 is 10.6 Å². The molecule has 2 atom stereocenters. The Morgan fingerprint density at radius 1 is 1.20 bits per heavy atom. The van der Waals surface area contributed by atoms with E-state index in [2.05, 4.69) is 29.7 Å². The Bertz CT molecular complexity index is 747. The van der Waals surface area contributed by atoms with Gasteiger partial charge in [-0.05, 0) is 63.7 Å². The number of thiocarbonyl (C=S) groups is 1. The first-order chi connectivity index (χ1) is 14.4. The standard InChI is InChI=1S/C23H33N3O3S/c1-3-29-21(28)23(10-9-18-7-5-4-6-8-18)11-13-26(14-12-23)20(27)16-19-15-17(2)24-22(30)25-19/h4-8,17,19H,3,9-16H2,1-2H3,(H2,24,25,30)/t17-,19+/m1/s1. The molecule has 1 aromatic rings. The minimum atomic E-state index is -0.508. The highest BCUT2D eigenvalue weighted by molar-refractivity contribution is 7.80. The summed E-state index contributed by atoms with van der Waals surface area (Å²) in [7, 11) is 0. The molecule has 0 saturated carbocycles. The third-order valence-electron chi connectivity index (χ3n) is 6.29. The van der Waals surface area contributed by atoms with Crippen molar-refractivity contribution in [1.29, 1.82) is 0 Å². The van der Waals surface area contributed by atoms with Crippen LogP contribution in [-0.4, -0.2) is 53.7 Å². The van der Waals surface area contributed by atoms with Gasteiger partial charge in [0.25, 0.3) is 0 Å². The van der Waals surface area contributed by atoms with Crippen LogP contribution >= 0.6 is 12.2 Å². The van der Waals surface area contributed by atoms with E-state index >= 15 is 0 Å². The number of aryl methyl sites for hydroxylation is 1. The molecule has 7 heteroatoms. The highest BCUT2D eigenvalue weighted by Crippen LogP contribution is 2.38. The van der Waals surface area contributed by atoms with Crippen LogP contribution in [0.3, 0.4) is 0 Å². The number of ether oxygens (including phenoxy) is 1. The Morgan fingerprint density at radius 3 is 2.53 bits per heavy atom. The zero-order chi connectivity index (χ0) is 21.6. The van der Waals surface area contributed by atoms with Gasteiger partial charge in [0.05, 0.1) is 12.0 Å². The number of esters is 1. The molecule has 0 aromatic heterocycles. The summed E-state index contributed by atoms with van der Waals surface area (Å²) in [6.07, 6.45) is 4.19. The number of benzene rings is 1. The van der Waals surface area contributed by atoms with Gasteiger partial charge in [-0.1, -0.05) is 30.3 Å². The van der Waals surface area contributed by atoms with Crippen LogP contribution in [0.1, 0.15) is 51.5 Å². The van der Waals surface area contributed by atoms with Gasteiger partial charge in [0.15, 0.2) is 5.11 Å². The summed E-state index contributed by atoms with van der Waals surface area (Å²) in [5.41, 5.74) is 0.716. The average molecular weight is 432 g/mol. The normalized spacial score (nSPS) is 23.3. The predicted octanol–water partition coefficient (Wildman–Crippen LogP) is 2.81. The summed E-state index contributed by atoms with van der Waals surface area (Å²) in [6.45, 7) is 5.49. The van der Waals surface area contributed by atoms with Gasteiger partial charge in [-0.3, -0.25) is 9.59 Å². The third kappa shape index (κ3) is 5.72. The second-order valence-electron chi connectivity index (χ2n) is 8.52. The highest BCUT2D eigenvalue weighted by Gasteiger charge is 2.43. The largest absolute Gasteiger partial charge is 0.466 e. The zero-order valence-corrected chi connectivity index (χ0v) is 18.8. The Kier molecular flexibility index (Phi) is 7.69. The monoisotopic (exact) mass is 431 g/mol. The second kappa shape index (κ2) is 10.2. The lowest BCUT2D eigenvalue weighted by Crippen LogP contribution is -2.55. The van der Waals surface area contributed by atoms with Gasteiger partial charge in [-0.2, -0.15) is 0 Å². The third-order valence-corrected chi connectivity index (χ3v) is 6.52. The number of nitrogens with zero attached hydrogens (tertiary/aromatic N) is 1. The van der Waals surface area contributed by atoms with Crippen LogP contribution in [0, 0.1) is 5.41 Å². The van der Waals surface area contributed by atoms with E-state index in [9.17, 15) is 9.59 Å². The lowest BCUT2D eigenvalue weighted by Gasteiger charge is -2.41. The predicted molar refractivity (Wildman–Crippen MR) is 121 cm³/mol. The topological polar surface area (TPSA) is 70.7 Å². The molecule has 2 saturated heterocycles. The smallest absolute Gasteiger partial charge is 0.312 e. The summed E-state index contributed by atoms with van der Waals surface area (Å²) in [6, 6.07) is 10.6. The van der Waals surface area contributed by atoms with E-state index in [0.717, 1.165) is 19.3 Å². The molecular formula is C23H33N3O3S. The van der Waals surface area contributed by atoms with Crippen LogP contribution in [0.5, 0.6) is 0 Å². The van der Waals surface area contributed by atoms with Crippen LogP contribution in [-0.2, 0) is 20.7 Å². The number of piperidine rings is 1. The van der Waals surface area contributed by atoms with E-state index in [-0.39, 0.29) is 24.0 Å². The van der Waals surface area contributed by atoms with E-state index in [0.29, 0.717) is 44.1 Å². The SMILES string of the molecule is CCOC(=O)C1(CCc2ccccc2)CCN(C(=O)C[C@@H]2C[C@@H](C)NC(=S)N2)CC1. The maximum Gasteiger partial charge on any atom is 0.312 e. The summed E-state index contributed by atoms with van der Waals surface area (Å²) >= 11 is 5.22. The molecule has 2 aliphatic rings. The number of carbonyl (C=O) groups excluding carboxylic acids is 2. The first kappa shape index (κ1) is 22.5. The van der Waals surface area contributed by atoms with Crippen molar-refractivity contribution in [1.82, 2.24) is 15.5 Å². The molecule has 0 bridgehead atoms.